The molecule has 3 amide bonds. The maximum atomic E-state index is 12.7. The molecule has 1 rings (SSSR count). The number of halogens is 1. The third kappa shape index (κ3) is 2.02. The van der Waals surface area contributed by atoms with E-state index in [0.717, 1.165) is 4.90 Å². The van der Waals surface area contributed by atoms with E-state index in [1.54, 1.807) is 0 Å². The van der Waals surface area contributed by atoms with Crippen LogP contribution >= 0.6 is 0 Å². The summed E-state index contributed by atoms with van der Waals surface area (Å²) in [5.74, 6) is -0.312. The Balaban J connectivity index is 2.70. The lowest BCUT2D eigenvalue weighted by Crippen LogP contribution is -2.38. The molecule has 5 heteroatoms. The monoisotopic (exact) mass is 202 g/mol. The lowest BCUT2D eigenvalue weighted by atomic mass is 10.3. The van der Waals surface area contributed by atoms with E-state index in [0.29, 0.717) is 0 Å². The fourth-order valence-electron chi connectivity index (χ4n) is 1.40. The molecule has 1 aliphatic rings. The summed E-state index contributed by atoms with van der Waals surface area (Å²) in [5, 5.41) is 0. The van der Waals surface area contributed by atoms with Crippen molar-refractivity contribution in [3.63, 3.8) is 0 Å². The van der Waals surface area contributed by atoms with Crippen LogP contribution < -0.4 is 0 Å². The molecule has 14 heavy (non-hydrogen) atoms. The van der Waals surface area contributed by atoms with Crippen LogP contribution in [-0.4, -0.2) is 47.0 Å². The first-order chi connectivity index (χ1) is 6.43. The van der Waals surface area contributed by atoms with Gasteiger partial charge in [-0.25, -0.2) is 9.18 Å². The molecule has 0 spiro atoms. The highest BCUT2D eigenvalue weighted by molar-refractivity contribution is 6.02. The van der Waals surface area contributed by atoms with Crippen molar-refractivity contribution in [3.8, 4) is 0 Å². The minimum absolute atomic E-state index is 0.0219. The van der Waals surface area contributed by atoms with Gasteiger partial charge >= 0.3 is 6.03 Å². The van der Waals surface area contributed by atoms with Gasteiger partial charge in [-0.2, -0.15) is 0 Å². The molecule has 1 saturated heterocycles. The van der Waals surface area contributed by atoms with E-state index in [2.05, 4.69) is 0 Å². The van der Waals surface area contributed by atoms with E-state index in [1.165, 1.54) is 11.8 Å². The Labute approximate surface area is 82.7 Å². The molecule has 4 nitrogen and oxygen atoms in total. The summed E-state index contributed by atoms with van der Waals surface area (Å²) >= 11 is 0. The normalized spacial score (nSPS) is 19.8. The topological polar surface area (TPSA) is 40.6 Å². The smallest absolute Gasteiger partial charge is 0.313 e. The molecule has 0 aromatic rings. The Morgan fingerprint density at radius 1 is 1.36 bits per heavy atom. The largest absolute Gasteiger partial charge is 0.327 e. The maximum absolute atomic E-state index is 12.7. The second-order valence-electron chi connectivity index (χ2n) is 3.79. The number of amides is 3. The van der Waals surface area contributed by atoms with Crippen molar-refractivity contribution >= 4 is 11.9 Å². The molecule has 0 aromatic heterocycles. The summed E-state index contributed by atoms with van der Waals surface area (Å²) in [4.78, 5) is 25.3. The first kappa shape index (κ1) is 10.9. The van der Waals surface area contributed by atoms with E-state index in [-0.39, 0.29) is 31.1 Å². The zero-order chi connectivity index (χ0) is 10.9. The van der Waals surface area contributed by atoms with Gasteiger partial charge in [-0.05, 0) is 20.8 Å². The third-order valence-electron chi connectivity index (χ3n) is 2.14. The van der Waals surface area contributed by atoms with Crippen LogP contribution in [0.15, 0.2) is 0 Å². The van der Waals surface area contributed by atoms with Crippen molar-refractivity contribution in [2.24, 2.45) is 0 Å². The second kappa shape index (κ2) is 3.94. The van der Waals surface area contributed by atoms with Gasteiger partial charge in [0, 0.05) is 6.04 Å². The lowest BCUT2D eigenvalue weighted by Gasteiger charge is -2.20. The zero-order valence-corrected chi connectivity index (χ0v) is 8.66. The van der Waals surface area contributed by atoms with Gasteiger partial charge in [0.15, 0.2) is 0 Å². The standard InChI is InChI=1S/C9H15FN2O2/c1-6(2)11-5-8(13)12(9(11)14)4-7(3)10/h6-7H,4-5H2,1-3H3. The third-order valence-corrected chi connectivity index (χ3v) is 2.14. The van der Waals surface area contributed by atoms with Crippen LogP contribution in [-0.2, 0) is 4.79 Å². The van der Waals surface area contributed by atoms with Crippen LogP contribution in [0.25, 0.3) is 0 Å². The summed E-state index contributed by atoms with van der Waals surface area (Å²) in [6.45, 7) is 4.92. The molecule has 1 fully saturated rings. The molecule has 1 atom stereocenters. The van der Waals surface area contributed by atoms with E-state index in [4.69, 9.17) is 0 Å². The zero-order valence-electron chi connectivity index (χ0n) is 8.66. The van der Waals surface area contributed by atoms with Crippen LogP contribution in [0, 0.1) is 0 Å². The highest BCUT2D eigenvalue weighted by Gasteiger charge is 2.37. The fraction of sp³-hybridized carbons (Fsp3) is 0.778. The summed E-state index contributed by atoms with van der Waals surface area (Å²) in [6, 6.07) is -0.402. The summed E-state index contributed by atoms with van der Waals surface area (Å²) in [6.07, 6.45) is -1.17. The van der Waals surface area contributed by atoms with Gasteiger partial charge in [0.25, 0.3) is 0 Å². The highest BCUT2D eigenvalue weighted by atomic mass is 19.1. The maximum Gasteiger partial charge on any atom is 0.327 e. The van der Waals surface area contributed by atoms with E-state index < -0.39 is 6.17 Å². The first-order valence-electron chi connectivity index (χ1n) is 4.68. The fourth-order valence-corrected chi connectivity index (χ4v) is 1.40. The number of carbonyl (C=O) groups excluding carboxylic acids is 2. The number of hydrogen-bond acceptors (Lipinski definition) is 2. The Kier molecular flexibility index (Phi) is 3.08. The number of nitrogens with zero attached hydrogens (tertiary/aromatic N) is 2. The Morgan fingerprint density at radius 2 is 1.93 bits per heavy atom. The average molecular weight is 202 g/mol. The van der Waals surface area contributed by atoms with Gasteiger partial charge in [-0.3, -0.25) is 9.69 Å². The van der Waals surface area contributed by atoms with Gasteiger partial charge in [0.05, 0.1) is 6.54 Å². The molecule has 0 aromatic carbocycles. The van der Waals surface area contributed by atoms with Crippen molar-refractivity contribution in [1.82, 2.24) is 9.80 Å². The summed E-state index contributed by atoms with van der Waals surface area (Å²) < 4.78 is 12.7. The lowest BCUT2D eigenvalue weighted by molar-refractivity contribution is -0.125. The average Bonchev–Trinajstić information content (AvgIpc) is 2.31. The van der Waals surface area contributed by atoms with E-state index in [1.807, 2.05) is 13.8 Å². The van der Waals surface area contributed by atoms with E-state index >= 15 is 0 Å². The summed E-state index contributed by atoms with van der Waals surface area (Å²) in [5.41, 5.74) is 0. The molecule has 0 radical (unpaired) electrons. The molecule has 0 bridgehead atoms. The molecule has 0 aliphatic carbocycles. The second-order valence-corrected chi connectivity index (χ2v) is 3.79. The number of urea groups is 1. The van der Waals surface area contributed by atoms with Crippen LogP contribution in [0.2, 0.25) is 0 Å². The van der Waals surface area contributed by atoms with Crippen LogP contribution in [0.5, 0.6) is 0 Å². The SMILES string of the molecule is CC(F)CN1C(=O)CN(C(C)C)C1=O. The minimum Gasteiger partial charge on any atom is -0.313 e. The number of hydrogen-bond donors (Lipinski definition) is 0. The molecule has 1 unspecified atom stereocenters. The van der Waals surface area contributed by atoms with Crippen molar-refractivity contribution in [2.75, 3.05) is 13.1 Å². The first-order valence-corrected chi connectivity index (χ1v) is 4.68. The van der Waals surface area contributed by atoms with Crippen LogP contribution in [0.1, 0.15) is 20.8 Å². The Morgan fingerprint density at radius 3 is 2.29 bits per heavy atom. The Hall–Kier alpha value is -1.13. The predicted octanol–water partition coefficient (Wildman–Crippen LogP) is 1.02. The van der Waals surface area contributed by atoms with Crippen molar-refractivity contribution in [1.29, 1.82) is 0 Å². The van der Waals surface area contributed by atoms with Crippen molar-refractivity contribution in [2.45, 2.75) is 33.0 Å². The van der Waals surface area contributed by atoms with Crippen molar-refractivity contribution in [3.05, 3.63) is 0 Å². The van der Waals surface area contributed by atoms with Gasteiger partial charge in [-0.15, -0.1) is 0 Å². The molecule has 1 heterocycles. The molecular formula is C9H15FN2O2. The van der Waals surface area contributed by atoms with Crippen molar-refractivity contribution < 1.29 is 14.0 Å². The Bertz CT molecular complexity index is 253. The number of imide groups is 1. The van der Waals surface area contributed by atoms with Crippen LogP contribution in [0.3, 0.4) is 0 Å². The predicted molar refractivity (Wildman–Crippen MR) is 49.5 cm³/mol. The highest BCUT2D eigenvalue weighted by Crippen LogP contribution is 2.14. The number of carbonyl (C=O) groups is 2. The summed E-state index contributed by atoms with van der Waals surface area (Å²) in [7, 11) is 0. The minimum atomic E-state index is -1.17. The molecule has 80 valence electrons. The van der Waals surface area contributed by atoms with Gasteiger partial charge in [0.2, 0.25) is 5.91 Å². The number of rotatable bonds is 3. The van der Waals surface area contributed by atoms with E-state index in [9.17, 15) is 14.0 Å². The molecular weight excluding hydrogens is 187 g/mol. The molecule has 0 N–H and O–H groups in total. The number of alkyl halides is 1. The quantitative estimate of drug-likeness (QED) is 0.641. The van der Waals surface area contributed by atoms with Gasteiger partial charge < -0.3 is 4.90 Å². The van der Waals surface area contributed by atoms with Crippen LogP contribution in [0.4, 0.5) is 9.18 Å². The molecule has 0 saturated carbocycles. The van der Waals surface area contributed by atoms with Gasteiger partial charge in [-0.1, -0.05) is 0 Å². The molecule has 1 aliphatic heterocycles. The van der Waals surface area contributed by atoms with Gasteiger partial charge in [0.1, 0.15) is 12.7 Å².